The lowest BCUT2D eigenvalue weighted by Crippen LogP contribution is -2.31. The molecule has 18 heavy (non-hydrogen) atoms. The largest absolute Gasteiger partial charge is 0.379 e. The number of likely N-dealkylation sites (tertiary alicyclic amines) is 1. The zero-order chi connectivity index (χ0) is 12.7. The molecule has 3 rings (SSSR count). The Hall–Kier alpha value is -0.440. The first kappa shape index (κ1) is 12.6. The lowest BCUT2D eigenvalue weighted by Gasteiger charge is -2.20. The number of halogens is 2. The van der Waals surface area contributed by atoms with Crippen LogP contribution in [-0.4, -0.2) is 29.6 Å². The van der Waals surface area contributed by atoms with Crippen LogP contribution < -0.4 is 5.32 Å². The topological polar surface area (TPSA) is 15.3 Å². The van der Waals surface area contributed by atoms with E-state index < -0.39 is 0 Å². The Labute approximate surface area is 118 Å². The molecule has 0 spiro atoms. The molecular formula is C14H18Cl2N2. The third-order valence-corrected chi connectivity index (χ3v) is 4.58. The van der Waals surface area contributed by atoms with E-state index in [1.165, 1.54) is 12.8 Å². The Morgan fingerprint density at radius 3 is 2.50 bits per heavy atom. The first-order valence-electron chi connectivity index (χ1n) is 6.61. The summed E-state index contributed by atoms with van der Waals surface area (Å²) in [5.41, 5.74) is 0.885. The highest BCUT2D eigenvalue weighted by atomic mass is 35.5. The zero-order valence-corrected chi connectivity index (χ0v) is 12.0. The molecule has 0 aromatic heterocycles. The number of benzene rings is 1. The van der Waals surface area contributed by atoms with Crippen LogP contribution in [0.25, 0.3) is 0 Å². The van der Waals surface area contributed by atoms with Crippen molar-refractivity contribution in [1.82, 2.24) is 4.90 Å². The average molecular weight is 285 g/mol. The van der Waals surface area contributed by atoms with Crippen molar-refractivity contribution in [2.75, 3.05) is 11.9 Å². The normalized spacial score (nSPS) is 28.6. The number of nitrogens with one attached hydrogen (secondary N) is 1. The van der Waals surface area contributed by atoms with Crippen LogP contribution in [-0.2, 0) is 0 Å². The van der Waals surface area contributed by atoms with E-state index in [-0.39, 0.29) is 0 Å². The molecule has 0 bridgehead atoms. The minimum absolute atomic E-state index is 0.456. The fourth-order valence-electron chi connectivity index (χ4n) is 2.92. The second kappa shape index (κ2) is 4.92. The molecule has 2 aliphatic rings. The van der Waals surface area contributed by atoms with Crippen molar-refractivity contribution in [1.29, 1.82) is 0 Å². The van der Waals surface area contributed by atoms with E-state index in [4.69, 9.17) is 23.2 Å². The van der Waals surface area contributed by atoms with Crippen molar-refractivity contribution in [3.05, 3.63) is 28.2 Å². The van der Waals surface area contributed by atoms with Gasteiger partial charge in [-0.25, -0.2) is 0 Å². The molecule has 1 N–H and O–H groups in total. The summed E-state index contributed by atoms with van der Waals surface area (Å²) in [4.78, 5) is 2.61. The molecular weight excluding hydrogens is 267 g/mol. The van der Waals surface area contributed by atoms with E-state index in [0.29, 0.717) is 22.1 Å². The second-order valence-corrected chi connectivity index (χ2v) is 6.27. The van der Waals surface area contributed by atoms with Gasteiger partial charge in [0, 0.05) is 24.7 Å². The summed E-state index contributed by atoms with van der Waals surface area (Å²) >= 11 is 12.4. The maximum atomic E-state index is 6.20. The number of para-hydroxylation sites is 1. The molecule has 1 aromatic carbocycles. The molecule has 2 unspecified atom stereocenters. The highest BCUT2D eigenvalue weighted by Gasteiger charge is 2.38. The summed E-state index contributed by atoms with van der Waals surface area (Å²) in [7, 11) is 0. The van der Waals surface area contributed by atoms with Gasteiger partial charge < -0.3 is 5.32 Å². The fourth-order valence-corrected chi connectivity index (χ4v) is 3.42. The molecule has 1 saturated heterocycles. The highest BCUT2D eigenvalue weighted by molar-refractivity contribution is 6.39. The smallest absolute Gasteiger partial charge is 0.0721 e. The summed E-state index contributed by atoms with van der Waals surface area (Å²) in [5.74, 6) is 0. The molecule has 1 aliphatic heterocycles. The standard InChI is InChI=1S/C14H18Cl2N2/c1-9-7-10(8-18(9)11-5-6-11)17-14-12(15)3-2-4-13(14)16/h2-4,9-11,17H,5-8H2,1H3. The van der Waals surface area contributed by atoms with Crippen LogP contribution in [0.15, 0.2) is 18.2 Å². The van der Waals surface area contributed by atoms with Crippen LogP contribution >= 0.6 is 23.2 Å². The Bertz CT molecular complexity index is 425. The van der Waals surface area contributed by atoms with Crippen molar-refractivity contribution in [3.63, 3.8) is 0 Å². The summed E-state index contributed by atoms with van der Waals surface area (Å²) in [6, 6.07) is 7.59. The molecule has 1 heterocycles. The van der Waals surface area contributed by atoms with Gasteiger partial charge in [0.2, 0.25) is 0 Å². The number of hydrogen-bond donors (Lipinski definition) is 1. The van der Waals surface area contributed by atoms with Crippen molar-refractivity contribution in [3.8, 4) is 0 Å². The van der Waals surface area contributed by atoms with E-state index in [0.717, 1.165) is 24.7 Å². The van der Waals surface area contributed by atoms with Gasteiger partial charge in [0.1, 0.15) is 0 Å². The van der Waals surface area contributed by atoms with Crippen LogP contribution in [0.1, 0.15) is 26.2 Å². The molecule has 98 valence electrons. The third-order valence-electron chi connectivity index (χ3n) is 3.95. The predicted octanol–water partition coefficient (Wildman–Crippen LogP) is 4.03. The highest BCUT2D eigenvalue weighted by Crippen LogP contribution is 2.36. The van der Waals surface area contributed by atoms with E-state index >= 15 is 0 Å². The number of hydrogen-bond acceptors (Lipinski definition) is 2. The second-order valence-electron chi connectivity index (χ2n) is 5.45. The minimum Gasteiger partial charge on any atom is -0.379 e. The van der Waals surface area contributed by atoms with Crippen LogP contribution in [0, 0.1) is 0 Å². The maximum absolute atomic E-state index is 6.20. The van der Waals surface area contributed by atoms with Crippen LogP contribution in [0.2, 0.25) is 10.0 Å². The lowest BCUT2D eigenvalue weighted by atomic mass is 10.2. The third kappa shape index (κ3) is 2.47. The molecule has 1 aromatic rings. The van der Waals surface area contributed by atoms with Gasteiger partial charge in [0.05, 0.1) is 15.7 Å². The lowest BCUT2D eigenvalue weighted by molar-refractivity contribution is 0.257. The monoisotopic (exact) mass is 284 g/mol. The number of anilines is 1. The molecule has 1 aliphatic carbocycles. The maximum Gasteiger partial charge on any atom is 0.0721 e. The average Bonchev–Trinajstić information content (AvgIpc) is 3.09. The summed E-state index contributed by atoms with van der Waals surface area (Å²) < 4.78 is 0. The Kier molecular flexibility index (Phi) is 3.44. The first-order valence-corrected chi connectivity index (χ1v) is 7.37. The van der Waals surface area contributed by atoms with Gasteiger partial charge in [-0.3, -0.25) is 4.90 Å². The summed E-state index contributed by atoms with van der Waals surface area (Å²) in [6.07, 6.45) is 3.89. The van der Waals surface area contributed by atoms with Crippen LogP contribution in [0.5, 0.6) is 0 Å². The van der Waals surface area contributed by atoms with Crippen molar-refractivity contribution in [2.24, 2.45) is 0 Å². The Morgan fingerprint density at radius 2 is 1.89 bits per heavy atom. The van der Waals surface area contributed by atoms with Gasteiger partial charge in [-0.2, -0.15) is 0 Å². The van der Waals surface area contributed by atoms with E-state index in [2.05, 4.69) is 17.1 Å². The molecule has 0 amide bonds. The van der Waals surface area contributed by atoms with Gasteiger partial charge in [-0.15, -0.1) is 0 Å². The number of nitrogens with zero attached hydrogens (tertiary/aromatic N) is 1. The molecule has 1 saturated carbocycles. The molecule has 2 fully saturated rings. The van der Waals surface area contributed by atoms with Crippen molar-refractivity contribution in [2.45, 2.75) is 44.3 Å². The van der Waals surface area contributed by atoms with Gasteiger partial charge in [0.15, 0.2) is 0 Å². The fraction of sp³-hybridized carbons (Fsp3) is 0.571. The molecule has 2 nitrogen and oxygen atoms in total. The quantitative estimate of drug-likeness (QED) is 0.902. The van der Waals surface area contributed by atoms with Gasteiger partial charge in [0.25, 0.3) is 0 Å². The zero-order valence-electron chi connectivity index (χ0n) is 10.5. The van der Waals surface area contributed by atoms with Crippen LogP contribution in [0.3, 0.4) is 0 Å². The van der Waals surface area contributed by atoms with E-state index in [1.807, 2.05) is 18.2 Å². The SMILES string of the molecule is CC1CC(Nc2c(Cl)cccc2Cl)CN1C1CC1. The van der Waals surface area contributed by atoms with Gasteiger partial charge in [-0.05, 0) is 38.3 Å². The van der Waals surface area contributed by atoms with Crippen molar-refractivity contribution < 1.29 is 0 Å². The van der Waals surface area contributed by atoms with Gasteiger partial charge >= 0.3 is 0 Å². The number of rotatable bonds is 3. The Morgan fingerprint density at radius 1 is 1.22 bits per heavy atom. The van der Waals surface area contributed by atoms with Gasteiger partial charge in [-0.1, -0.05) is 29.3 Å². The van der Waals surface area contributed by atoms with Crippen molar-refractivity contribution >= 4 is 28.9 Å². The molecule has 2 atom stereocenters. The first-order chi connectivity index (χ1) is 8.65. The minimum atomic E-state index is 0.456. The van der Waals surface area contributed by atoms with E-state index in [9.17, 15) is 0 Å². The molecule has 0 radical (unpaired) electrons. The van der Waals surface area contributed by atoms with E-state index in [1.54, 1.807) is 0 Å². The molecule has 4 heteroatoms. The summed E-state index contributed by atoms with van der Waals surface area (Å²) in [6.45, 7) is 3.42. The summed E-state index contributed by atoms with van der Waals surface area (Å²) in [5, 5.41) is 4.93. The Balaban J connectivity index is 1.70. The van der Waals surface area contributed by atoms with Crippen LogP contribution in [0.4, 0.5) is 5.69 Å². The predicted molar refractivity (Wildman–Crippen MR) is 77.7 cm³/mol.